The molecule has 1 saturated heterocycles. The fraction of sp³-hybridized carbons (Fsp3) is 0.467. The van der Waals surface area contributed by atoms with Crippen LogP contribution < -0.4 is 10.6 Å². The largest absolute Gasteiger partial charge is 0.371 e. The lowest BCUT2D eigenvalue weighted by Gasteiger charge is -2.19. The minimum atomic E-state index is -0.190. The lowest BCUT2D eigenvalue weighted by molar-refractivity contribution is 0.100. The molecule has 2 aromatic rings. The van der Waals surface area contributed by atoms with Crippen LogP contribution in [0.15, 0.2) is 23.2 Å². The number of amides is 2. The van der Waals surface area contributed by atoms with E-state index in [1.807, 2.05) is 41.7 Å². The van der Waals surface area contributed by atoms with Crippen molar-refractivity contribution in [3.05, 3.63) is 34.3 Å². The van der Waals surface area contributed by atoms with Crippen LogP contribution in [0, 0.1) is 6.92 Å². The molecule has 0 bridgehead atoms. The number of aryl methyl sites for hydroxylation is 2. The van der Waals surface area contributed by atoms with Crippen LogP contribution in [0.1, 0.15) is 30.6 Å². The van der Waals surface area contributed by atoms with E-state index < -0.39 is 0 Å². The van der Waals surface area contributed by atoms with Crippen LogP contribution in [0.3, 0.4) is 0 Å². The molecule has 1 aliphatic rings. The summed E-state index contributed by atoms with van der Waals surface area (Å²) in [5, 5.41) is 14.1. The highest BCUT2D eigenvalue weighted by atomic mass is 32.1. The molecule has 0 spiro atoms. The summed E-state index contributed by atoms with van der Waals surface area (Å²) in [4.78, 5) is 12.2. The van der Waals surface area contributed by atoms with E-state index in [1.54, 1.807) is 11.3 Å². The molecule has 2 aromatic heterocycles. The Labute approximate surface area is 133 Å². The number of carbonyl (C=O) groups excluding carboxylic acids is 1. The van der Waals surface area contributed by atoms with Gasteiger partial charge in [0, 0.05) is 30.3 Å². The number of urea groups is 1. The van der Waals surface area contributed by atoms with Gasteiger partial charge in [0.15, 0.2) is 0 Å². The quantitative estimate of drug-likeness (QED) is 0.910. The molecule has 7 heteroatoms. The summed E-state index contributed by atoms with van der Waals surface area (Å²) in [6, 6.07) is -0.224. The Kier molecular flexibility index (Phi) is 4.44. The van der Waals surface area contributed by atoms with E-state index in [0.29, 0.717) is 6.61 Å². The Hall–Kier alpha value is -1.86. The number of carbonyl (C=O) groups is 1. The van der Waals surface area contributed by atoms with E-state index in [1.165, 1.54) is 0 Å². The van der Waals surface area contributed by atoms with Crippen molar-refractivity contribution < 1.29 is 9.53 Å². The van der Waals surface area contributed by atoms with Gasteiger partial charge in [0.1, 0.15) is 6.10 Å². The van der Waals surface area contributed by atoms with Crippen molar-refractivity contribution in [3.8, 4) is 0 Å². The molecule has 2 atom stereocenters. The van der Waals surface area contributed by atoms with Crippen LogP contribution in [0.5, 0.6) is 0 Å². The van der Waals surface area contributed by atoms with Gasteiger partial charge in [-0.05, 0) is 31.2 Å². The molecule has 118 valence electrons. The van der Waals surface area contributed by atoms with E-state index in [0.717, 1.165) is 29.8 Å². The first-order chi connectivity index (χ1) is 10.7. The Morgan fingerprint density at radius 2 is 2.41 bits per heavy atom. The topological polar surface area (TPSA) is 68.2 Å². The first-order valence-electron chi connectivity index (χ1n) is 7.41. The summed E-state index contributed by atoms with van der Waals surface area (Å²) < 4.78 is 7.64. The summed E-state index contributed by atoms with van der Waals surface area (Å²) >= 11 is 1.58. The van der Waals surface area contributed by atoms with Gasteiger partial charge in [-0.1, -0.05) is 0 Å². The van der Waals surface area contributed by atoms with Crippen LogP contribution in [0.2, 0.25) is 0 Å². The highest BCUT2D eigenvalue weighted by Crippen LogP contribution is 2.29. The third kappa shape index (κ3) is 3.15. The molecule has 0 saturated carbocycles. The van der Waals surface area contributed by atoms with E-state index in [2.05, 4.69) is 15.7 Å². The van der Waals surface area contributed by atoms with Crippen molar-refractivity contribution in [2.24, 2.45) is 0 Å². The summed E-state index contributed by atoms with van der Waals surface area (Å²) in [6.07, 6.45) is 4.47. The predicted molar refractivity (Wildman–Crippen MR) is 86.2 cm³/mol. The first kappa shape index (κ1) is 15.1. The van der Waals surface area contributed by atoms with Crippen molar-refractivity contribution in [2.45, 2.75) is 39.0 Å². The first-order valence-corrected chi connectivity index (χ1v) is 8.36. The Morgan fingerprint density at radius 3 is 3.09 bits per heavy atom. The lowest BCUT2D eigenvalue weighted by atomic mass is 10.1. The number of thiophene rings is 1. The number of nitrogens with zero attached hydrogens (tertiary/aromatic N) is 2. The number of aromatic nitrogens is 2. The Morgan fingerprint density at radius 1 is 1.55 bits per heavy atom. The van der Waals surface area contributed by atoms with Crippen LogP contribution in [0.25, 0.3) is 0 Å². The van der Waals surface area contributed by atoms with Gasteiger partial charge in [-0.15, -0.1) is 11.3 Å². The average Bonchev–Trinajstić information content (AvgIpc) is 3.20. The summed E-state index contributed by atoms with van der Waals surface area (Å²) in [5.74, 6) is 0. The van der Waals surface area contributed by atoms with E-state index >= 15 is 0 Å². The molecular weight excluding hydrogens is 300 g/mol. The van der Waals surface area contributed by atoms with Gasteiger partial charge in [0.2, 0.25) is 0 Å². The second-order valence-corrected chi connectivity index (χ2v) is 6.13. The maximum Gasteiger partial charge on any atom is 0.319 e. The van der Waals surface area contributed by atoms with E-state index in [-0.39, 0.29) is 18.2 Å². The van der Waals surface area contributed by atoms with Gasteiger partial charge < -0.3 is 15.4 Å². The van der Waals surface area contributed by atoms with Crippen molar-refractivity contribution in [1.82, 2.24) is 15.1 Å². The third-order valence-corrected chi connectivity index (χ3v) is 4.68. The summed E-state index contributed by atoms with van der Waals surface area (Å²) in [7, 11) is 0. The second-order valence-electron chi connectivity index (χ2n) is 5.38. The van der Waals surface area contributed by atoms with Crippen LogP contribution in [-0.4, -0.2) is 28.5 Å². The fourth-order valence-corrected chi connectivity index (χ4v) is 3.36. The standard InChI is InChI=1S/C15H20N4O2S/c1-3-19-7-11(6-16-19)14-12(4-5-21-14)17-15(20)18-13-9-22-8-10(13)2/h6-9,12,14H,3-5H2,1-2H3,(H2,17,18,20)/t12-,14+/m0/s1. The lowest BCUT2D eigenvalue weighted by Crippen LogP contribution is -2.39. The molecular formula is C15H20N4O2S. The van der Waals surface area contributed by atoms with Crippen molar-refractivity contribution in [3.63, 3.8) is 0 Å². The maximum atomic E-state index is 12.2. The van der Waals surface area contributed by atoms with Crippen LogP contribution in [0.4, 0.5) is 10.5 Å². The van der Waals surface area contributed by atoms with E-state index in [9.17, 15) is 4.79 Å². The molecule has 3 heterocycles. The molecule has 0 unspecified atom stereocenters. The third-order valence-electron chi connectivity index (χ3n) is 3.82. The molecule has 0 aromatic carbocycles. The second kappa shape index (κ2) is 6.50. The number of hydrogen-bond acceptors (Lipinski definition) is 4. The Balaban J connectivity index is 1.63. The minimum absolute atomic E-state index is 0.0338. The zero-order chi connectivity index (χ0) is 15.5. The fourth-order valence-electron chi connectivity index (χ4n) is 2.58. The van der Waals surface area contributed by atoms with Gasteiger partial charge in [0.05, 0.1) is 17.9 Å². The molecule has 1 aliphatic heterocycles. The number of hydrogen-bond donors (Lipinski definition) is 2. The normalized spacial score (nSPS) is 21.0. The van der Waals surface area contributed by atoms with Crippen molar-refractivity contribution in [2.75, 3.05) is 11.9 Å². The molecule has 1 fully saturated rings. The predicted octanol–water partition coefficient (Wildman–Crippen LogP) is 2.92. The van der Waals surface area contributed by atoms with Crippen LogP contribution >= 0.6 is 11.3 Å². The molecule has 0 aliphatic carbocycles. The molecule has 0 radical (unpaired) electrons. The smallest absolute Gasteiger partial charge is 0.319 e. The van der Waals surface area contributed by atoms with Gasteiger partial charge in [-0.3, -0.25) is 4.68 Å². The minimum Gasteiger partial charge on any atom is -0.371 e. The number of nitrogens with one attached hydrogen (secondary N) is 2. The molecule has 2 N–H and O–H groups in total. The zero-order valence-electron chi connectivity index (χ0n) is 12.7. The van der Waals surface area contributed by atoms with Crippen molar-refractivity contribution >= 4 is 23.1 Å². The molecule has 22 heavy (non-hydrogen) atoms. The monoisotopic (exact) mass is 320 g/mol. The molecule has 2 amide bonds. The maximum absolute atomic E-state index is 12.2. The SMILES string of the molecule is CCn1cc([C@H]2OCC[C@@H]2NC(=O)Nc2cscc2C)cn1. The summed E-state index contributed by atoms with van der Waals surface area (Å²) in [5.41, 5.74) is 2.94. The number of ether oxygens (including phenoxy) is 1. The van der Waals surface area contributed by atoms with Gasteiger partial charge in [-0.2, -0.15) is 5.10 Å². The average molecular weight is 320 g/mol. The Bertz CT molecular complexity index is 652. The summed E-state index contributed by atoms with van der Waals surface area (Å²) in [6.45, 7) is 5.48. The highest BCUT2D eigenvalue weighted by molar-refractivity contribution is 7.08. The number of rotatable bonds is 4. The molecule has 6 nitrogen and oxygen atoms in total. The van der Waals surface area contributed by atoms with Gasteiger partial charge >= 0.3 is 6.03 Å². The van der Waals surface area contributed by atoms with E-state index in [4.69, 9.17) is 4.74 Å². The van der Waals surface area contributed by atoms with Gasteiger partial charge in [0.25, 0.3) is 0 Å². The van der Waals surface area contributed by atoms with Gasteiger partial charge in [-0.25, -0.2) is 4.79 Å². The van der Waals surface area contributed by atoms with Crippen molar-refractivity contribution in [1.29, 1.82) is 0 Å². The highest BCUT2D eigenvalue weighted by Gasteiger charge is 2.32. The van der Waals surface area contributed by atoms with Crippen LogP contribution in [-0.2, 0) is 11.3 Å². The molecule has 3 rings (SSSR count). The zero-order valence-corrected chi connectivity index (χ0v) is 13.5. The number of anilines is 1.